The summed E-state index contributed by atoms with van der Waals surface area (Å²) in [5.41, 5.74) is 4.80. The van der Waals surface area contributed by atoms with E-state index in [1.54, 1.807) is 0 Å². The van der Waals surface area contributed by atoms with Gasteiger partial charge >= 0.3 is 59.1 Å². The number of nitrogens with one attached hydrogen (secondary N) is 2. The summed E-state index contributed by atoms with van der Waals surface area (Å²) in [5, 5.41) is 0. The molecule has 0 bridgehead atoms. The standard InChI is InChI=1S/C14H16N4O6S2.2Na/c15-17-11-5-3-9(13(7-11)25(19,20)21)1-2-10-4-6-12(18-16)8-14(10)26(22,23)24;;/h1-8,17-18H,15-16H2,(H,19,20,21)(H,22,23,24);;/q;2*+1/p-2/b2-1+;;. The molecule has 0 aliphatic carbocycles. The molecule has 0 amide bonds. The molecule has 28 heavy (non-hydrogen) atoms. The zero-order valence-electron chi connectivity index (χ0n) is 15.0. The second kappa shape index (κ2) is 11.1. The van der Waals surface area contributed by atoms with E-state index in [0.29, 0.717) is 0 Å². The van der Waals surface area contributed by atoms with Gasteiger partial charge < -0.3 is 20.0 Å². The Kier molecular flexibility index (Phi) is 10.9. The number of benzene rings is 2. The maximum Gasteiger partial charge on any atom is 1.00 e. The van der Waals surface area contributed by atoms with Gasteiger partial charge in [0.2, 0.25) is 0 Å². The Labute approximate surface area is 206 Å². The van der Waals surface area contributed by atoms with E-state index in [2.05, 4.69) is 10.9 Å². The predicted octanol–water partition coefficient (Wildman–Crippen LogP) is -5.76. The fourth-order valence-electron chi connectivity index (χ4n) is 2.14. The fourth-order valence-corrected chi connectivity index (χ4v) is 3.53. The molecule has 2 aromatic rings. The van der Waals surface area contributed by atoms with Crippen molar-refractivity contribution in [3.8, 4) is 0 Å². The van der Waals surface area contributed by atoms with Crippen LogP contribution in [0.1, 0.15) is 11.1 Å². The first-order valence-electron chi connectivity index (χ1n) is 6.87. The van der Waals surface area contributed by atoms with Crippen molar-refractivity contribution < 1.29 is 85.1 Å². The molecule has 2 rings (SSSR count). The molecule has 14 heteroatoms. The van der Waals surface area contributed by atoms with Crippen molar-refractivity contribution >= 4 is 43.8 Å². The summed E-state index contributed by atoms with van der Waals surface area (Å²) in [6.07, 6.45) is 2.40. The van der Waals surface area contributed by atoms with E-state index >= 15 is 0 Å². The summed E-state index contributed by atoms with van der Waals surface area (Å²) < 4.78 is 68.5. The minimum atomic E-state index is -4.82. The molecule has 0 heterocycles. The number of anilines is 2. The number of hydrogen-bond acceptors (Lipinski definition) is 10. The number of rotatable bonds is 6. The number of nitrogens with two attached hydrogens (primary N) is 2. The molecule has 0 fully saturated rings. The van der Waals surface area contributed by atoms with Crippen molar-refractivity contribution in [3.05, 3.63) is 47.5 Å². The Morgan fingerprint density at radius 3 is 1.29 bits per heavy atom. The normalized spacial score (nSPS) is 11.4. The molecule has 0 aliphatic rings. The van der Waals surface area contributed by atoms with Crippen LogP contribution in [0, 0.1) is 0 Å². The maximum absolute atomic E-state index is 11.4. The SMILES string of the molecule is NNc1ccc(/C=C/c2ccc(NN)cc2S(=O)(=O)[O-])c(S(=O)(=O)[O-])c1.[Na+].[Na+]. The first kappa shape index (κ1) is 27.5. The van der Waals surface area contributed by atoms with Crippen LogP contribution in [-0.4, -0.2) is 25.9 Å². The van der Waals surface area contributed by atoms with E-state index in [1.807, 2.05) is 0 Å². The van der Waals surface area contributed by atoms with Gasteiger partial charge in [-0.2, -0.15) is 0 Å². The quantitative estimate of drug-likeness (QED) is 0.110. The Bertz CT molecular complexity index is 990. The van der Waals surface area contributed by atoms with Gasteiger partial charge in [0.05, 0.1) is 9.79 Å². The van der Waals surface area contributed by atoms with Crippen LogP contribution in [0.3, 0.4) is 0 Å². The van der Waals surface area contributed by atoms with Crippen molar-refractivity contribution in [2.45, 2.75) is 9.79 Å². The minimum absolute atomic E-state index is 0. The zero-order valence-corrected chi connectivity index (χ0v) is 20.7. The molecular weight excluding hydrogens is 430 g/mol. The first-order chi connectivity index (χ1) is 12.1. The van der Waals surface area contributed by atoms with E-state index in [1.165, 1.54) is 36.4 Å². The number of nitrogen functional groups attached to an aromatic ring is 2. The van der Waals surface area contributed by atoms with Crippen LogP contribution >= 0.6 is 0 Å². The summed E-state index contributed by atoms with van der Waals surface area (Å²) in [6, 6.07) is 7.51. The molecule has 0 saturated heterocycles. The second-order valence-electron chi connectivity index (χ2n) is 5.04. The van der Waals surface area contributed by atoms with Gasteiger partial charge in [0.15, 0.2) is 0 Å². The molecule has 0 unspecified atom stereocenters. The fraction of sp³-hybridized carbons (Fsp3) is 0. The van der Waals surface area contributed by atoms with Crippen molar-refractivity contribution in [2.24, 2.45) is 11.7 Å². The van der Waals surface area contributed by atoms with Crippen molar-refractivity contribution in [1.82, 2.24) is 0 Å². The average molecular weight is 444 g/mol. The summed E-state index contributed by atoms with van der Waals surface area (Å²) in [7, 11) is -9.65. The Balaban J connectivity index is 0.00000364. The van der Waals surface area contributed by atoms with Gasteiger partial charge in [0.1, 0.15) is 20.2 Å². The average Bonchev–Trinajstić information content (AvgIpc) is 2.58. The smallest absolute Gasteiger partial charge is 0.744 e. The third-order valence-corrected chi connectivity index (χ3v) is 5.13. The van der Waals surface area contributed by atoms with Crippen molar-refractivity contribution in [1.29, 1.82) is 0 Å². The van der Waals surface area contributed by atoms with Crippen LogP contribution in [0.15, 0.2) is 46.2 Å². The van der Waals surface area contributed by atoms with Crippen molar-refractivity contribution in [2.75, 3.05) is 10.9 Å². The van der Waals surface area contributed by atoms with Gasteiger partial charge in [0.25, 0.3) is 0 Å². The molecule has 10 nitrogen and oxygen atoms in total. The molecule has 0 saturated carbocycles. The van der Waals surface area contributed by atoms with Crippen LogP contribution in [-0.2, 0) is 20.2 Å². The number of hydrazine groups is 2. The Hall–Kier alpha value is -0.480. The monoisotopic (exact) mass is 444 g/mol. The Morgan fingerprint density at radius 2 is 1.04 bits per heavy atom. The maximum atomic E-state index is 11.4. The molecule has 140 valence electrons. The van der Waals surface area contributed by atoms with Crippen molar-refractivity contribution in [3.63, 3.8) is 0 Å². The van der Waals surface area contributed by atoms with E-state index in [-0.39, 0.29) is 81.6 Å². The van der Waals surface area contributed by atoms with Crippen LogP contribution in [0.2, 0.25) is 0 Å². The van der Waals surface area contributed by atoms with Crippen LogP contribution in [0.5, 0.6) is 0 Å². The molecule has 0 aliphatic heterocycles. The van der Waals surface area contributed by atoms with Gasteiger partial charge in [0, 0.05) is 11.4 Å². The Morgan fingerprint density at radius 1 is 0.714 bits per heavy atom. The second-order valence-corrected chi connectivity index (χ2v) is 7.73. The molecule has 0 atom stereocenters. The summed E-state index contributed by atoms with van der Waals surface area (Å²) in [6.45, 7) is 0. The first-order valence-corrected chi connectivity index (χ1v) is 9.69. The summed E-state index contributed by atoms with van der Waals surface area (Å²) >= 11 is 0. The molecular formula is C14H14N4Na2O6S2. The number of hydrogen-bond donors (Lipinski definition) is 4. The topological polar surface area (TPSA) is 190 Å². The van der Waals surface area contributed by atoms with Crippen LogP contribution in [0.25, 0.3) is 12.2 Å². The molecule has 2 aromatic carbocycles. The van der Waals surface area contributed by atoms with Gasteiger partial charge in [-0.15, -0.1) is 0 Å². The predicted molar refractivity (Wildman–Crippen MR) is 93.4 cm³/mol. The molecule has 0 spiro atoms. The van der Waals surface area contributed by atoms with Crippen LogP contribution < -0.4 is 81.7 Å². The van der Waals surface area contributed by atoms with Gasteiger partial charge in [-0.05, 0) is 35.4 Å². The zero-order chi connectivity index (χ0) is 19.5. The van der Waals surface area contributed by atoms with Gasteiger partial charge in [-0.3, -0.25) is 11.7 Å². The third-order valence-electron chi connectivity index (χ3n) is 3.34. The summed E-state index contributed by atoms with van der Waals surface area (Å²) in [4.78, 5) is -1.12. The van der Waals surface area contributed by atoms with Gasteiger partial charge in [-0.25, -0.2) is 16.8 Å². The molecule has 0 aromatic heterocycles. The third kappa shape index (κ3) is 7.09. The minimum Gasteiger partial charge on any atom is -0.744 e. The van der Waals surface area contributed by atoms with Crippen LogP contribution in [0.4, 0.5) is 11.4 Å². The van der Waals surface area contributed by atoms with E-state index in [4.69, 9.17) is 11.7 Å². The van der Waals surface area contributed by atoms with E-state index in [9.17, 15) is 25.9 Å². The molecule has 0 radical (unpaired) electrons. The largest absolute Gasteiger partial charge is 1.00 e. The molecule has 6 N–H and O–H groups in total. The van der Waals surface area contributed by atoms with E-state index in [0.717, 1.165) is 12.1 Å². The summed E-state index contributed by atoms with van der Waals surface area (Å²) in [5.74, 6) is 10.4. The van der Waals surface area contributed by atoms with Gasteiger partial charge in [-0.1, -0.05) is 24.3 Å². The van der Waals surface area contributed by atoms with E-state index < -0.39 is 30.0 Å².